The summed E-state index contributed by atoms with van der Waals surface area (Å²) in [6, 6.07) is 0. The maximum absolute atomic E-state index is 11.8. The number of hydrogen-bond donors (Lipinski definition) is 0. The monoisotopic (exact) mass is 1190 g/mol. The first-order valence-electron chi connectivity index (χ1n) is 20.3. The second-order valence-electron chi connectivity index (χ2n) is 15.2. The van der Waals surface area contributed by atoms with Crippen LogP contribution in [0.15, 0.2) is 178 Å². The molecule has 0 atom stereocenters. The molecule has 7 aliphatic heterocycles. The number of carbonyl (C=O) groups is 3. The van der Waals surface area contributed by atoms with Crippen LogP contribution < -0.4 is 59.1 Å². The Kier molecular flexibility index (Phi) is 25.9. The van der Waals surface area contributed by atoms with Crippen LogP contribution in [0.5, 0.6) is 0 Å². The number of nitrogens with zero attached hydrogens (tertiary/aromatic N) is 7. The van der Waals surface area contributed by atoms with E-state index in [0.717, 1.165) is 22.5 Å². The van der Waals surface area contributed by atoms with Crippen LogP contribution in [0.25, 0.3) is 31.9 Å². The molecule has 30 heteroatoms. The molecule has 376 valence electrons. The first-order valence-corrected chi connectivity index (χ1v) is 26.6. The summed E-state index contributed by atoms with van der Waals surface area (Å²) in [5, 5.41) is 25.2. The summed E-state index contributed by atoms with van der Waals surface area (Å²) in [7, 11) is -17.7. The molecule has 73 heavy (non-hydrogen) atoms. The van der Waals surface area contributed by atoms with E-state index in [2.05, 4.69) is 31.9 Å². The van der Waals surface area contributed by atoms with Crippen LogP contribution in [0.1, 0.15) is 39.0 Å². The van der Waals surface area contributed by atoms with Gasteiger partial charge >= 0.3 is 84.6 Å². The van der Waals surface area contributed by atoms with Gasteiger partial charge in [-0.25, -0.2) is 38.5 Å². The first-order chi connectivity index (χ1) is 32.8. The fraction of sp³-hybridized carbons (Fsp3) is 0.233. The molecule has 0 aliphatic carbocycles. The molecule has 7 aliphatic rings. The fourth-order valence-corrected chi connectivity index (χ4v) is 8.67. The number of carbonyl (C=O) groups excluding carboxylic acids is 3. The minimum Gasteiger partial charge on any atom is -0.748 e. The van der Waals surface area contributed by atoms with Crippen LogP contribution in [0.4, 0.5) is 0 Å². The van der Waals surface area contributed by atoms with Crippen LogP contribution in [-0.4, -0.2) is 97.7 Å². The minimum atomic E-state index is -4.43. The van der Waals surface area contributed by atoms with Crippen molar-refractivity contribution in [1.29, 1.82) is 0 Å². The second kappa shape index (κ2) is 29.2. The third-order valence-electron chi connectivity index (χ3n) is 9.24. The van der Waals surface area contributed by atoms with Gasteiger partial charge in [-0.3, -0.25) is 9.59 Å². The Balaban J connectivity index is 0.000000369. The molecule has 0 aromatic rings. The van der Waals surface area contributed by atoms with E-state index >= 15 is 0 Å². The van der Waals surface area contributed by atoms with Crippen molar-refractivity contribution in [2.45, 2.75) is 39.0 Å². The standard InChI is InChI=1S/C19H19N3O4.2C12H12N2O6S2.2Na.Ru/c1-13-7-9-20-15(11-13)16-12-14(8-10-21-16)3-2-4-19(25)26-22-17(23)5-6-18(22)24;2*15-21(16,17)7-9-1-3-13-11(5-9)12-6-10(2-4-14-12)8-22(18,19)20;;;/h7-12H,2-6H2,1H3;2*1-6H,7-8H2,(H,15,16,17)(H,18,19,20);;;/q3*-2;2*+1;+8/p-4/b16-15-;2*12-11-;;;. The van der Waals surface area contributed by atoms with Gasteiger partial charge in [0.1, 0.15) is 0 Å². The summed E-state index contributed by atoms with van der Waals surface area (Å²) in [5.41, 5.74) is 5.75. The van der Waals surface area contributed by atoms with Gasteiger partial charge in [0.05, 0.1) is 63.5 Å². The molecule has 1 saturated heterocycles. The Bertz CT molecular complexity index is 2830. The summed E-state index contributed by atoms with van der Waals surface area (Å²) < 4.78 is 129. The topological polar surface area (TPSA) is 377 Å². The third-order valence-corrected chi connectivity index (χ3v) is 12.0. The maximum atomic E-state index is 11.8. The van der Waals surface area contributed by atoms with E-state index in [1.165, 1.54) is 73.4 Å². The van der Waals surface area contributed by atoms with E-state index in [9.17, 15) is 66.3 Å². The predicted molar refractivity (Wildman–Crippen MR) is 250 cm³/mol. The van der Waals surface area contributed by atoms with Crippen LogP contribution in [-0.2, 0) is 79.2 Å². The van der Waals surface area contributed by atoms with E-state index in [1.54, 1.807) is 12.4 Å². The number of rotatable bonds is 13. The molecule has 0 aromatic carbocycles. The van der Waals surface area contributed by atoms with Gasteiger partial charge in [0, 0.05) is 19.3 Å². The zero-order valence-electron chi connectivity index (χ0n) is 38.9. The molecule has 0 saturated carbocycles. The van der Waals surface area contributed by atoms with E-state index in [1.807, 2.05) is 31.2 Å². The summed E-state index contributed by atoms with van der Waals surface area (Å²) >= 11 is 0. The van der Waals surface area contributed by atoms with Crippen LogP contribution in [0.3, 0.4) is 0 Å². The Morgan fingerprint density at radius 3 is 1.07 bits per heavy atom. The Morgan fingerprint density at radius 1 is 0.493 bits per heavy atom. The molecule has 0 N–H and O–H groups in total. The van der Waals surface area contributed by atoms with Gasteiger partial charge in [0.15, 0.2) is 0 Å². The number of allylic oxidation sites excluding steroid dienone is 14. The average Bonchev–Trinajstić information content (AvgIpc) is 3.57. The van der Waals surface area contributed by atoms with Crippen LogP contribution in [0.2, 0.25) is 0 Å². The molecule has 0 aromatic heterocycles. The second-order valence-corrected chi connectivity index (χ2v) is 20.8. The summed E-state index contributed by atoms with van der Waals surface area (Å²) in [6.45, 7) is 2.00. The number of hydrogen-bond acceptors (Lipinski definition) is 16. The number of amides is 2. The summed E-state index contributed by atoms with van der Waals surface area (Å²) in [4.78, 5) is 39.5. The van der Waals surface area contributed by atoms with Gasteiger partial charge in [-0.1, -0.05) is 84.1 Å². The molecule has 0 unspecified atom stereocenters. The van der Waals surface area contributed by atoms with Gasteiger partial charge in [-0.2, -0.15) is 71.4 Å². The third kappa shape index (κ3) is 23.9. The van der Waals surface area contributed by atoms with Gasteiger partial charge in [0.25, 0.3) is 11.8 Å². The SMILES string of the molecule is CC1=C/C(=C2\C=C(CCCC(=O)ON3C(=O)CCC3=O)C=C[N-]2)[N-]C=C1.O=S(=O)([O-])CC1=C/C(=C2\C=C(CS(=O)(=O)[O-])C=C[N-]2)[N-]C=C1.O=S(=O)([O-])CC1=C/C(=C2\C=C(CS(=O)(=O)[O-])C=C[N-]2)[N-]C=C1.[Na+].[Na+].[Ru+8]. The maximum Gasteiger partial charge on any atom is 8.00 e. The van der Waals surface area contributed by atoms with Crippen molar-refractivity contribution in [3.8, 4) is 0 Å². The molecule has 0 spiro atoms. The molecule has 7 heterocycles. The summed E-state index contributed by atoms with van der Waals surface area (Å²) in [5.74, 6) is -4.24. The van der Waals surface area contributed by atoms with Crippen molar-refractivity contribution in [2.24, 2.45) is 0 Å². The number of hydroxylamine groups is 2. The van der Waals surface area contributed by atoms with E-state index in [4.69, 9.17) is 4.84 Å². The van der Waals surface area contributed by atoms with Crippen molar-refractivity contribution in [2.75, 3.05) is 23.0 Å². The Hall–Kier alpha value is -4.23. The largest absolute Gasteiger partial charge is 8.00 e. The van der Waals surface area contributed by atoms with Gasteiger partial charge in [-0.15, -0.1) is 5.06 Å². The predicted octanol–water partition coefficient (Wildman–Crippen LogP) is -0.458. The van der Waals surface area contributed by atoms with E-state index < -0.39 is 81.3 Å². The van der Waals surface area contributed by atoms with Gasteiger partial charge in [0.2, 0.25) is 0 Å². The van der Waals surface area contributed by atoms with Gasteiger partial charge in [-0.05, 0) is 42.1 Å². The van der Waals surface area contributed by atoms with Gasteiger partial charge < -0.3 is 54.9 Å². The zero-order valence-corrected chi connectivity index (χ0v) is 47.9. The van der Waals surface area contributed by atoms with Crippen molar-refractivity contribution in [1.82, 2.24) is 5.06 Å². The van der Waals surface area contributed by atoms with E-state index in [0.29, 0.717) is 17.9 Å². The molecule has 0 bridgehead atoms. The molecule has 7 rings (SSSR count). The fourth-order valence-electron chi connectivity index (χ4n) is 6.32. The quantitative estimate of drug-likeness (QED) is 0.128. The number of imide groups is 1. The molecular formula is C43H39N7Na2O16RuS4. The van der Waals surface area contributed by atoms with Crippen LogP contribution in [0, 0.1) is 0 Å². The van der Waals surface area contributed by atoms with Crippen molar-refractivity contribution in [3.63, 3.8) is 0 Å². The van der Waals surface area contributed by atoms with E-state index in [-0.39, 0.29) is 143 Å². The summed E-state index contributed by atoms with van der Waals surface area (Å²) in [6.07, 6.45) is 28.9. The van der Waals surface area contributed by atoms with Crippen LogP contribution >= 0.6 is 0 Å². The first kappa shape index (κ1) is 64.9. The molecular weight excluding hydrogens is 1150 g/mol. The molecule has 23 nitrogen and oxygen atoms in total. The average molecular weight is 1190 g/mol. The van der Waals surface area contributed by atoms with Crippen molar-refractivity contribution in [3.05, 3.63) is 210 Å². The Morgan fingerprint density at radius 2 is 0.767 bits per heavy atom. The zero-order chi connectivity index (χ0) is 51.3. The minimum absolute atomic E-state index is 0. The normalized spacial score (nSPS) is 20.9. The molecule has 1 fully saturated rings. The van der Waals surface area contributed by atoms with Crippen molar-refractivity contribution < 1.29 is 150 Å². The molecule has 0 radical (unpaired) electrons. The van der Waals surface area contributed by atoms with Crippen molar-refractivity contribution >= 4 is 58.3 Å². The Labute approximate surface area is 480 Å². The molecule has 2 amide bonds. The smallest absolute Gasteiger partial charge is 0.748 e.